The van der Waals surface area contributed by atoms with Crippen molar-refractivity contribution in [1.82, 2.24) is 9.97 Å². The van der Waals surface area contributed by atoms with E-state index in [1.54, 1.807) is 0 Å². The Balaban J connectivity index is 0.000000534. The molecule has 1 aromatic heterocycles. The van der Waals surface area contributed by atoms with E-state index in [1.165, 1.54) is 0 Å². The maximum atomic E-state index is 10.4. The molecule has 0 aliphatic carbocycles. The van der Waals surface area contributed by atoms with Crippen LogP contribution in [0.1, 0.15) is 5.69 Å². The number of carbonyl (C=O) groups is 2. The van der Waals surface area contributed by atoms with Crippen molar-refractivity contribution in [2.24, 2.45) is 0 Å². The van der Waals surface area contributed by atoms with Gasteiger partial charge in [-0.2, -0.15) is 0 Å². The van der Waals surface area contributed by atoms with Crippen molar-refractivity contribution in [3.05, 3.63) is 11.8 Å². The Morgan fingerprint density at radius 1 is 1.32 bits per heavy atom. The third kappa shape index (κ3) is 8.39. The predicted molar refractivity (Wildman–Crippen MR) is 80.2 cm³/mol. The number of nitrogens with zero attached hydrogens (tertiary/aromatic N) is 3. The molecule has 0 aliphatic rings. The van der Waals surface area contributed by atoms with Crippen LogP contribution >= 0.6 is 11.8 Å². The lowest BCUT2D eigenvalue weighted by molar-refractivity contribution is -0.148. The number of carboxylic acid groups (broad SMARTS) is 2. The second kappa shape index (κ2) is 9.92. The van der Waals surface area contributed by atoms with Crippen LogP contribution in [-0.2, 0) is 9.59 Å². The molecule has 0 aromatic carbocycles. The fourth-order valence-electron chi connectivity index (χ4n) is 1.02. The van der Waals surface area contributed by atoms with Gasteiger partial charge in [0.1, 0.15) is 5.82 Å². The van der Waals surface area contributed by atoms with E-state index < -0.39 is 24.6 Å². The van der Waals surface area contributed by atoms with Gasteiger partial charge in [-0.3, -0.25) is 4.79 Å². The van der Waals surface area contributed by atoms with Gasteiger partial charge in [0.25, 0.3) is 0 Å². The first-order valence-electron chi connectivity index (χ1n) is 6.06. The van der Waals surface area contributed by atoms with Crippen molar-refractivity contribution in [2.45, 2.75) is 18.2 Å². The number of hydrogen-bond donors (Lipinski definition) is 4. The molecule has 1 atom stereocenters. The molecule has 1 heterocycles. The molecule has 10 heteroatoms. The number of carboxylic acids is 2. The van der Waals surface area contributed by atoms with Crippen molar-refractivity contribution >= 4 is 29.5 Å². The van der Waals surface area contributed by atoms with Gasteiger partial charge >= 0.3 is 11.9 Å². The normalized spacial score (nSPS) is 11.1. The third-order valence-corrected chi connectivity index (χ3v) is 2.89. The lowest BCUT2D eigenvalue weighted by Crippen LogP contribution is -2.22. The summed E-state index contributed by atoms with van der Waals surface area (Å²) in [6, 6.07) is 1.85. The number of aromatic nitrogens is 2. The topological polar surface area (TPSA) is 144 Å². The van der Waals surface area contributed by atoms with Crippen LogP contribution in [0.25, 0.3) is 0 Å². The molecule has 1 aromatic rings. The van der Waals surface area contributed by atoms with E-state index >= 15 is 0 Å². The largest absolute Gasteiger partial charge is 0.481 e. The summed E-state index contributed by atoms with van der Waals surface area (Å²) < 4.78 is 0. The SMILES string of the molecule is Cc1cc(N(C)C)nc(SCC(=O)O)n1.O=C(O)C(O)CO. The maximum Gasteiger partial charge on any atom is 0.334 e. The lowest BCUT2D eigenvalue weighted by Gasteiger charge is -2.12. The molecule has 0 saturated carbocycles. The Hall–Kier alpha value is -1.91. The quantitative estimate of drug-likeness (QED) is 0.395. The van der Waals surface area contributed by atoms with Gasteiger partial charge in [0.2, 0.25) is 0 Å². The average Bonchev–Trinajstić information content (AvgIpc) is 2.44. The number of aliphatic hydroxyl groups is 2. The van der Waals surface area contributed by atoms with Crippen LogP contribution < -0.4 is 4.90 Å². The fourth-order valence-corrected chi connectivity index (χ4v) is 1.64. The van der Waals surface area contributed by atoms with Gasteiger partial charge in [-0.15, -0.1) is 0 Å². The third-order valence-electron chi connectivity index (χ3n) is 2.06. The molecule has 1 unspecified atom stereocenters. The minimum atomic E-state index is -1.63. The molecular formula is C12H19N3O6S. The molecule has 9 nitrogen and oxygen atoms in total. The van der Waals surface area contributed by atoms with E-state index in [4.69, 9.17) is 20.4 Å². The van der Waals surface area contributed by atoms with Crippen molar-refractivity contribution in [1.29, 1.82) is 0 Å². The molecule has 124 valence electrons. The second-order valence-corrected chi connectivity index (χ2v) is 5.21. The van der Waals surface area contributed by atoms with Gasteiger partial charge < -0.3 is 25.3 Å². The number of aryl methyl sites for hydroxylation is 1. The number of rotatable bonds is 6. The van der Waals surface area contributed by atoms with Gasteiger partial charge in [-0.25, -0.2) is 14.8 Å². The van der Waals surface area contributed by atoms with Gasteiger partial charge in [0.15, 0.2) is 11.3 Å². The summed E-state index contributed by atoms with van der Waals surface area (Å²) in [4.78, 5) is 30.1. The smallest absolute Gasteiger partial charge is 0.334 e. The Bertz CT molecular complexity index is 512. The van der Waals surface area contributed by atoms with Gasteiger partial charge in [0, 0.05) is 25.9 Å². The zero-order chi connectivity index (χ0) is 17.3. The van der Waals surface area contributed by atoms with Crippen LogP contribution in [0, 0.1) is 6.92 Å². The van der Waals surface area contributed by atoms with Gasteiger partial charge in [-0.05, 0) is 6.92 Å². The number of aliphatic hydroxyl groups excluding tert-OH is 2. The van der Waals surface area contributed by atoms with Crippen molar-refractivity contribution in [3.8, 4) is 0 Å². The highest BCUT2D eigenvalue weighted by atomic mass is 32.2. The first-order valence-corrected chi connectivity index (χ1v) is 7.05. The van der Waals surface area contributed by atoms with Crippen LogP contribution in [0.4, 0.5) is 5.82 Å². The number of thioether (sulfide) groups is 1. The maximum absolute atomic E-state index is 10.4. The molecular weight excluding hydrogens is 314 g/mol. The standard InChI is InChI=1S/C9H13N3O2S.C3H6O4/c1-6-4-7(12(2)3)11-9(10-6)15-5-8(13)14;4-1-2(5)3(6)7/h4H,5H2,1-3H3,(H,13,14);2,4-5H,1H2,(H,6,7). The highest BCUT2D eigenvalue weighted by Gasteiger charge is 2.09. The minimum absolute atomic E-state index is 0.0175. The van der Waals surface area contributed by atoms with Crippen LogP contribution in [0.2, 0.25) is 0 Å². The van der Waals surface area contributed by atoms with Crippen molar-refractivity contribution < 1.29 is 30.0 Å². The Morgan fingerprint density at radius 3 is 2.27 bits per heavy atom. The summed E-state index contributed by atoms with van der Waals surface area (Å²) in [5, 5.41) is 32.8. The van der Waals surface area contributed by atoms with E-state index in [2.05, 4.69) is 9.97 Å². The van der Waals surface area contributed by atoms with E-state index in [1.807, 2.05) is 32.0 Å². The van der Waals surface area contributed by atoms with E-state index in [9.17, 15) is 9.59 Å². The summed E-state index contributed by atoms with van der Waals surface area (Å²) in [5.74, 6) is -1.49. The molecule has 4 N–H and O–H groups in total. The number of hydrogen-bond acceptors (Lipinski definition) is 8. The van der Waals surface area contributed by atoms with Crippen LogP contribution in [-0.4, -0.2) is 74.9 Å². The van der Waals surface area contributed by atoms with E-state index in [-0.39, 0.29) is 5.75 Å². The van der Waals surface area contributed by atoms with Crippen LogP contribution in [0.5, 0.6) is 0 Å². The Kier molecular flexibility index (Phi) is 9.06. The summed E-state index contributed by atoms with van der Waals surface area (Å²) in [5.41, 5.74) is 0.835. The summed E-state index contributed by atoms with van der Waals surface area (Å²) in [7, 11) is 3.76. The monoisotopic (exact) mass is 333 g/mol. The van der Waals surface area contributed by atoms with Gasteiger partial charge in [0.05, 0.1) is 12.4 Å². The zero-order valence-corrected chi connectivity index (χ0v) is 13.2. The molecule has 22 heavy (non-hydrogen) atoms. The summed E-state index contributed by atoms with van der Waals surface area (Å²) in [6.45, 7) is 1.13. The fraction of sp³-hybridized carbons (Fsp3) is 0.500. The zero-order valence-electron chi connectivity index (χ0n) is 12.4. The first kappa shape index (κ1) is 20.1. The molecule has 0 saturated heterocycles. The lowest BCUT2D eigenvalue weighted by atomic mass is 10.4. The molecule has 0 aliphatic heterocycles. The van der Waals surface area contributed by atoms with Gasteiger partial charge in [-0.1, -0.05) is 11.8 Å². The van der Waals surface area contributed by atoms with Crippen LogP contribution in [0.3, 0.4) is 0 Å². The molecule has 0 amide bonds. The second-order valence-electron chi connectivity index (χ2n) is 4.26. The molecule has 0 radical (unpaired) electrons. The average molecular weight is 333 g/mol. The Morgan fingerprint density at radius 2 is 1.91 bits per heavy atom. The molecule has 0 fully saturated rings. The number of anilines is 1. The van der Waals surface area contributed by atoms with E-state index in [0.717, 1.165) is 23.3 Å². The highest BCUT2D eigenvalue weighted by Crippen LogP contribution is 2.17. The predicted octanol–water partition coefficient (Wildman–Crippen LogP) is -0.548. The van der Waals surface area contributed by atoms with E-state index in [0.29, 0.717) is 5.16 Å². The van der Waals surface area contributed by atoms with Crippen molar-refractivity contribution in [3.63, 3.8) is 0 Å². The molecule has 1 rings (SSSR count). The molecule has 0 bridgehead atoms. The summed E-state index contributed by atoms with van der Waals surface area (Å²) in [6.07, 6.45) is -1.63. The number of aliphatic carboxylic acids is 2. The highest BCUT2D eigenvalue weighted by molar-refractivity contribution is 7.99. The summed E-state index contributed by atoms with van der Waals surface area (Å²) >= 11 is 1.13. The molecule has 0 spiro atoms. The Labute approximate surface area is 131 Å². The minimum Gasteiger partial charge on any atom is -0.481 e. The van der Waals surface area contributed by atoms with Crippen molar-refractivity contribution in [2.75, 3.05) is 31.4 Å². The first-order chi connectivity index (χ1) is 10.2. The van der Waals surface area contributed by atoms with Crippen LogP contribution in [0.15, 0.2) is 11.2 Å².